The minimum Gasteiger partial charge on any atom is -0.478 e. The van der Waals surface area contributed by atoms with Gasteiger partial charge in [-0.3, -0.25) is 0 Å². The summed E-state index contributed by atoms with van der Waals surface area (Å²) < 4.78 is 58.5. The Morgan fingerprint density at radius 3 is 2.37 bits per heavy atom. The van der Waals surface area contributed by atoms with Crippen molar-refractivity contribution in [3.05, 3.63) is 57.3 Å². The Morgan fingerprint density at radius 1 is 1.09 bits per heavy atom. The van der Waals surface area contributed by atoms with Gasteiger partial charge in [-0.15, -0.1) is 11.3 Å². The van der Waals surface area contributed by atoms with Crippen LogP contribution in [0.2, 0.25) is 0 Å². The van der Waals surface area contributed by atoms with E-state index in [1.54, 1.807) is 6.07 Å². The Bertz CT molecular complexity index is 947. The SMILES string of the molecule is CCCCCCCCCCC1CCC(c2cc(C(F)F)cs2)(c2ccccc2C(=O)O)C(F)C1F. The van der Waals surface area contributed by atoms with Crippen LogP contribution < -0.4 is 0 Å². The zero-order chi connectivity index (χ0) is 25.4. The van der Waals surface area contributed by atoms with E-state index in [1.807, 2.05) is 0 Å². The lowest BCUT2D eigenvalue weighted by molar-refractivity contribution is 0.0148. The van der Waals surface area contributed by atoms with Crippen molar-refractivity contribution in [2.75, 3.05) is 0 Å². The molecular weight excluding hydrogens is 476 g/mol. The van der Waals surface area contributed by atoms with Gasteiger partial charge in [0.1, 0.15) is 12.3 Å². The highest BCUT2D eigenvalue weighted by Crippen LogP contribution is 2.53. The lowest BCUT2D eigenvalue weighted by Crippen LogP contribution is -2.50. The van der Waals surface area contributed by atoms with Gasteiger partial charge in [0.25, 0.3) is 6.43 Å². The number of alkyl halides is 4. The summed E-state index contributed by atoms with van der Waals surface area (Å²) in [6, 6.07) is 7.23. The predicted octanol–water partition coefficient (Wildman–Crippen LogP) is 9.29. The van der Waals surface area contributed by atoms with Gasteiger partial charge in [-0.2, -0.15) is 0 Å². The number of hydrogen-bond acceptors (Lipinski definition) is 2. The van der Waals surface area contributed by atoms with Gasteiger partial charge in [0, 0.05) is 10.4 Å². The number of rotatable bonds is 13. The summed E-state index contributed by atoms with van der Waals surface area (Å²) in [5.74, 6) is -1.70. The summed E-state index contributed by atoms with van der Waals surface area (Å²) in [6.07, 6.45) is 3.60. The van der Waals surface area contributed by atoms with Crippen molar-refractivity contribution in [3.8, 4) is 0 Å². The van der Waals surface area contributed by atoms with Gasteiger partial charge >= 0.3 is 5.97 Å². The van der Waals surface area contributed by atoms with Crippen molar-refractivity contribution in [1.82, 2.24) is 0 Å². The first-order chi connectivity index (χ1) is 16.8. The average Bonchev–Trinajstić information content (AvgIpc) is 3.35. The van der Waals surface area contributed by atoms with E-state index in [1.165, 1.54) is 55.3 Å². The van der Waals surface area contributed by atoms with Crippen LogP contribution in [0.1, 0.15) is 110 Å². The van der Waals surface area contributed by atoms with Crippen LogP contribution in [0.15, 0.2) is 35.7 Å². The first-order valence-electron chi connectivity index (χ1n) is 12.8. The molecule has 0 aliphatic heterocycles. The summed E-state index contributed by atoms with van der Waals surface area (Å²) in [4.78, 5) is 12.2. The molecule has 0 radical (unpaired) electrons. The Balaban J connectivity index is 1.79. The molecule has 35 heavy (non-hydrogen) atoms. The highest BCUT2D eigenvalue weighted by molar-refractivity contribution is 7.10. The van der Waals surface area contributed by atoms with Crippen molar-refractivity contribution < 1.29 is 27.5 Å². The molecule has 1 N–H and O–H groups in total. The second-order valence-electron chi connectivity index (χ2n) is 9.78. The van der Waals surface area contributed by atoms with Crippen molar-refractivity contribution in [1.29, 1.82) is 0 Å². The van der Waals surface area contributed by atoms with Crippen LogP contribution in [0.4, 0.5) is 17.6 Å². The number of unbranched alkanes of at least 4 members (excludes halogenated alkanes) is 7. The Morgan fingerprint density at radius 2 is 1.74 bits per heavy atom. The van der Waals surface area contributed by atoms with Gasteiger partial charge in [-0.05, 0) is 48.3 Å². The molecule has 1 saturated carbocycles. The van der Waals surface area contributed by atoms with Crippen LogP contribution in [0.5, 0.6) is 0 Å². The molecule has 0 amide bonds. The molecule has 7 heteroatoms. The highest BCUT2D eigenvalue weighted by atomic mass is 32.1. The minimum absolute atomic E-state index is 0.115. The van der Waals surface area contributed by atoms with E-state index in [4.69, 9.17) is 0 Å². The number of benzene rings is 1. The van der Waals surface area contributed by atoms with Gasteiger partial charge < -0.3 is 5.11 Å². The fourth-order valence-corrected chi connectivity index (χ4v) is 6.67. The number of thiophene rings is 1. The molecule has 1 aromatic carbocycles. The lowest BCUT2D eigenvalue weighted by Gasteiger charge is -2.45. The molecule has 0 saturated heterocycles. The Hall–Kier alpha value is -1.89. The van der Waals surface area contributed by atoms with Crippen LogP contribution in [0, 0.1) is 5.92 Å². The first-order valence-corrected chi connectivity index (χ1v) is 13.7. The highest BCUT2D eigenvalue weighted by Gasteiger charge is 2.54. The zero-order valence-corrected chi connectivity index (χ0v) is 21.1. The first kappa shape index (κ1) is 27.7. The van der Waals surface area contributed by atoms with Crippen LogP contribution in [0.25, 0.3) is 0 Å². The summed E-state index contributed by atoms with van der Waals surface area (Å²) in [5.41, 5.74) is -1.80. The smallest absolute Gasteiger partial charge is 0.335 e. The minimum atomic E-state index is -2.73. The number of carboxylic acid groups (broad SMARTS) is 1. The maximum absolute atomic E-state index is 16.2. The zero-order valence-electron chi connectivity index (χ0n) is 20.3. The topological polar surface area (TPSA) is 37.3 Å². The second kappa shape index (κ2) is 12.9. The van der Waals surface area contributed by atoms with Crippen LogP contribution in [0.3, 0.4) is 0 Å². The van der Waals surface area contributed by atoms with Crippen LogP contribution in [-0.4, -0.2) is 23.4 Å². The van der Waals surface area contributed by atoms with Gasteiger partial charge in [-0.25, -0.2) is 22.4 Å². The fraction of sp³-hybridized carbons (Fsp3) is 0.607. The summed E-state index contributed by atoms with van der Waals surface area (Å²) >= 11 is 0.958. The molecular formula is C28H36F4O2S. The van der Waals surface area contributed by atoms with E-state index < -0.39 is 36.1 Å². The quantitative estimate of drug-likeness (QED) is 0.214. The number of carbonyl (C=O) groups is 1. The summed E-state index contributed by atoms with van der Waals surface area (Å²) in [6.45, 7) is 2.18. The Labute approximate surface area is 209 Å². The van der Waals surface area contributed by atoms with Crippen molar-refractivity contribution >= 4 is 17.3 Å². The lowest BCUT2D eigenvalue weighted by atomic mass is 9.62. The monoisotopic (exact) mass is 512 g/mol. The van der Waals surface area contributed by atoms with Gasteiger partial charge in [-0.1, -0.05) is 76.5 Å². The van der Waals surface area contributed by atoms with E-state index in [-0.39, 0.29) is 28.0 Å². The van der Waals surface area contributed by atoms with E-state index >= 15 is 8.78 Å². The van der Waals surface area contributed by atoms with Crippen molar-refractivity contribution in [2.45, 2.75) is 102 Å². The molecule has 1 fully saturated rings. The maximum Gasteiger partial charge on any atom is 0.335 e. The molecule has 4 atom stereocenters. The average molecular weight is 513 g/mol. The number of halogens is 4. The number of hydrogen-bond donors (Lipinski definition) is 1. The molecule has 1 aromatic heterocycles. The molecule has 4 unspecified atom stereocenters. The molecule has 2 nitrogen and oxygen atoms in total. The summed E-state index contributed by atoms with van der Waals surface area (Å²) in [5, 5.41) is 11.0. The van der Waals surface area contributed by atoms with Crippen molar-refractivity contribution in [2.24, 2.45) is 5.92 Å². The molecule has 0 bridgehead atoms. The van der Waals surface area contributed by atoms with E-state index in [0.717, 1.165) is 37.0 Å². The fourth-order valence-electron chi connectivity index (χ4n) is 5.50. The molecule has 1 heterocycles. The maximum atomic E-state index is 16.2. The number of aromatic carboxylic acids is 1. The van der Waals surface area contributed by atoms with Crippen LogP contribution >= 0.6 is 11.3 Å². The normalized spacial score (nSPS) is 24.7. The van der Waals surface area contributed by atoms with E-state index in [2.05, 4.69) is 6.92 Å². The molecule has 194 valence electrons. The van der Waals surface area contributed by atoms with E-state index in [0.29, 0.717) is 12.8 Å². The third-order valence-corrected chi connectivity index (χ3v) is 8.61. The molecule has 3 rings (SSSR count). The largest absolute Gasteiger partial charge is 0.478 e. The number of carboxylic acids is 1. The molecule has 1 aliphatic rings. The van der Waals surface area contributed by atoms with Crippen LogP contribution in [-0.2, 0) is 5.41 Å². The van der Waals surface area contributed by atoms with E-state index in [9.17, 15) is 18.7 Å². The standard InChI is InChI=1S/C28H36F4O2S/c1-2-3-4-5-6-7-8-9-12-19-15-16-28(25(30)24(19)29,23-17-20(18-35-23)26(31)32)22-14-11-10-13-21(22)27(33)34/h10-11,13-14,17-19,24-26H,2-9,12,15-16H2,1H3,(H,33,34). The third kappa shape index (κ3) is 6.28. The second-order valence-corrected chi connectivity index (χ2v) is 10.7. The van der Waals surface area contributed by atoms with Gasteiger partial charge in [0.15, 0.2) is 0 Å². The van der Waals surface area contributed by atoms with Gasteiger partial charge in [0.05, 0.1) is 11.0 Å². The summed E-state index contributed by atoms with van der Waals surface area (Å²) in [7, 11) is 0. The molecule has 0 spiro atoms. The Kier molecular flexibility index (Phi) is 10.2. The van der Waals surface area contributed by atoms with Crippen molar-refractivity contribution in [3.63, 3.8) is 0 Å². The predicted molar refractivity (Wildman–Crippen MR) is 133 cm³/mol. The van der Waals surface area contributed by atoms with Gasteiger partial charge in [0.2, 0.25) is 0 Å². The molecule has 1 aliphatic carbocycles. The molecule has 2 aromatic rings. The third-order valence-electron chi connectivity index (χ3n) is 7.49.